The standard InChI is InChI=1S/C25H29NO5/c1-17-8-10-26(11-9-17)12-13-30-19-5-6-20-23(15-19)31-16-21(25(20)27)18-4-7-22(28-2)24(14-18)29-3/h4-7,14-17H,8-13H2,1-3H3. The van der Waals surface area contributed by atoms with Crippen LogP contribution in [0.2, 0.25) is 0 Å². The number of methoxy groups -OCH3 is 2. The van der Waals surface area contributed by atoms with E-state index in [4.69, 9.17) is 18.6 Å². The van der Waals surface area contributed by atoms with E-state index in [-0.39, 0.29) is 5.43 Å². The first-order valence-corrected chi connectivity index (χ1v) is 10.7. The Labute approximate surface area is 182 Å². The Kier molecular flexibility index (Phi) is 6.47. The maximum atomic E-state index is 13.1. The van der Waals surface area contributed by atoms with E-state index in [2.05, 4.69) is 11.8 Å². The van der Waals surface area contributed by atoms with Crippen LogP contribution in [0.5, 0.6) is 17.2 Å². The molecule has 0 saturated carbocycles. The average Bonchev–Trinajstić information content (AvgIpc) is 2.80. The molecule has 1 fully saturated rings. The van der Waals surface area contributed by atoms with Crippen LogP contribution in [0.25, 0.3) is 22.1 Å². The molecule has 31 heavy (non-hydrogen) atoms. The van der Waals surface area contributed by atoms with Gasteiger partial charge < -0.3 is 18.6 Å². The highest BCUT2D eigenvalue weighted by atomic mass is 16.5. The van der Waals surface area contributed by atoms with Gasteiger partial charge in [0, 0.05) is 12.6 Å². The van der Waals surface area contributed by atoms with Crippen LogP contribution in [0.1, 0.15) is 19.8 Å². The molecular formula is C25H29NO5. The fraction of sp³-hybridized carbons (Fsp3) is 0.400. The summed E-state index contributed by atoms with van der Waals surface area (Å²) in [6, 6.07) is 10.7. The Balaban J connectivity index is 1.50. The number of nitrogens with zero attached hydrogens (tertiary/aromatic N) is 1. The van der Waals surface area contributed by atoms with Crippen LogP contribution in [-0.4, -0.2) is 45.4 Å². The van der Waals surface area contributed by atoms with Crippen molar-refractivity contribution in [2.45, 2.75) is 19.8 Å². The number of ether oxygens (including phenoxy) is 3. The molecule has 1 aromatic heterocycles. The van der Waals surface area contributed by atoms with Gasteiger partial charge in [0.15, 0.2) is 16.9 Å². The summed E-state index contributed by atoms with van der Waals surface area (Å²) < 4.78 is 22.3. The van der Waals surface area contributed by atoms with Gasteiger partial charge in [-0.05, 0) is 61.7 Å². The molecule has 6 nitrogen and oxygen atoms in total. The highest BCUT2D eigenvalue weighted by Crippen LogP contribution is 2.32. The van der Waals surface area contributed by atoms with Crippen LogP contribution in [-0.2, 0) is 0 Å². The van der Waals surface area contributed by atoms with Crippen LogP contribution in [0, 0.1) is 5.92 Å². The number of hydrogen-bond donors (Lipinski definition) is 0. The number of fused-ring (bicyclic) bond motifs is 1. The molecule has 0 radical (unpaired) electrons. The lowest BCUT2D eigenvalue weighted by Crippen LogP contribution is -2.35. The predicted molar refractivity (Wildman–Crippen MR) is 121 cm³/mol. The van der Waals surface area contributed by atoms with E-state index in [1.54, 1.807) is 38.5 Å². The summed E-state index contributed by atoms with van der Waals surface area (Å²) in [5, 5.41) is 0.518. The summed E-state index contributed by atoms with van der Waals surface area (Å²) in [5.74, 6) is 2.70. The SMILES string of the molecule is COc1ccc(-c2coc3cc(OCCN4CCC(C)CC4)ccc3c2=O)cc1OC. The molecule has 2 aromatic carbocycles. The molecule has 0 spiro atoms. The second-order valence-corrected chi connectivity index (χ2v) is 8.08. The summed E-state index contributed by atoms with van der Waals surface area (Å²) in [4.78, 5) is 15.5. The highest BCUT2D eigenvalue weighted by Gasteiger charge is 2.16. The maximum absolute atomic E-state index is 13.1. The molecule has 1 aliphatic heterocycles. The van der Waals surface area contributed by atoms with Crippen LogP contribution < -0.4 is 19.6 Å². The molecule has 4 rings (SSSR count). The van der Waals surface area contributed by atoms with Crippen molar-refractivity contribution in [3.63, 3.8) is 0 Å². The molecule has 1 saturated heterocycles. The fourth-order valence-corrected chi connectivity index (χ4v) is 3.98. The zero-order valence-electron chi connectivity index (χ0n) is 18.3. The predicted octanol–water partition coefficient (Wildman–Crippen LogP) is 4.59. The molecule has 0 unspecified atom stereocenters. The molecule has 0 amide bonds. The summed E-state index contributed by atoms with van der Waals surface area (Å²) >= 11 is 0. The Bertz CT molecular complexity index is 1100. The van der Waals surface area contributed by atoms with Crippen molar-refractivity contribution < 1.29 is 18.6 Å². The van der Waals surface area contributed by atoms with Crippen molar-refractivity contribution in [2.75, 3.05) is 40.5 Å². The number of rotatable bonds is 7. The third kappa shape index (κ3) is 4.69. The molecule has 2 heterocycles. The van der Waals surface area contributed by atoms with Crippen LogP contribution in [0.4, 0.5) is 0 Å². The van der Waals surface area contributed by atoms with Gasteiger partial charge in [0.1, 0.15) is 24.2 Å². The fourth-order valence-electron chi connectivity index (χ4n) is 3.98. The van der Waals surface area contributed by atoms with Crippen molar-refractivity contribution >= 4 is 11.0 Å². The van der Waals surface area contributed by atoms with Gasteiger partial charge in [0.2, 0.25) is 0 Å². The minimum absolute atomic E-state index is 0.0949. The molecule has 164 valence electrons. The lowest BCUT2D eigenvalue weighted by Gasteiger charge is -2.29. The van der Waals surface area contributed by atoms with Crippen molar-refractivity contribution in [3.8, 4) is 28.4 Å². The lowest BCUT2D eigenvalue weighted by atomic mass is 9.99. The first-order chi connectivity index (χ1) is 15.1. The van der Waals surface area contributed by atoms with Crippen LogP contribution in [0.15, 0.2) is 51.9 Å². The largest absolute Gasteiger partial charge is 0.493 e. The van der Waals surface area contributed by atoms with Crippen molar-refractivity contribution in [1.29, 1.82) is 0 Å². The third-order valence-corrected chi connectivity index (χ3v) is 5.99. The van der Waals surface area contributed by atoms with Crippen molar-refractivity contribution in [1.82, 2.24) is 4.90 Å². The van der Waals surface area contributed by atoms with Gasteiger partial charge >= 0.3 is 0 Å². The van der Waals surface area contributed by atoms with Gasteiger partial charge in [-0.15, -0.1) is 0 Å². The number of hydrogen-bond acceptors (Lipinski definition) is 6. The molecule has 1 aliphatic rings. The summed E-state index contributed by atoms with van der Waals surface area (Å²) in [6.07, 6.45) is 4.00. The third-order valence-electron chi connectivity index (χ3n) is 5.99. The summed E-state index contributed by atoms with van der Waals surface area (Å²) in [7, 11) is 3.15. The normalized spacial score (nSPS) is 15.2. The second-order valence-electron chi connectivity index (χ2n) is 8.08. The minimum atomic E-state index is -0.0949. The molecule has 6 heteroatoms. The van der Waals surface area contributed by atoms with E-state index in [0.29, 0.717) is 46.0 Å². The van der Waals surface area contributed by atoms with Crippen molar-refractivity contribution in [2.24, 2.45) is 5.92 Å². The maximum Gasteiger partial charge on any atom is 0.200 e. The smallest absolute Gasteiger partial charge is 0.200 e. The van der Waals surface area contributed by atoms with E-state index in [9.17, 15) is 4.79 Å². The van der Waals surface area contributed by atoms with Gasteiger partial charge in [-0.1, -0.05) is 13.0 Å². The molecule has 3 aromatic rings. The van der Waals surface area contributed by atoms with E-state index >= 15 is 0 Å². The van der Waals surface area contributed by atoms with Crippen LogP contribution in [0.3, 0.4) is 0 Å². The average molecular weight is 424 g/mol. The number of likely N-dealkylation sites (tertiary alicyclic amines) is 1. The molecule has 0 N–H and O–H groups in total. The zero-order chi connectivity index (χ0) is 21.8. The molecule has 0 aliphatic carbocycles. The molecule has 0 atom stereocenters. The first kappa shape index (κ1) is 21.2. The first-order valence-electron chi connectivity index (χ1n) is 10.7. The highest BCUT2D eigenvalue weighted by molar-refractivity contribution is 5.83. The molecular weight excluding hydrogens is 394 g/mol. The van der Waals surface area contributed by atoms with Gasteiger partial charge in [-0.3, -0.25) is 9.69 Å². The van der Waals surface area contributed by atoms with Gasteiger partial charge in [-0.2, -0.15) is 0 Å². The quantitative estimate of drug-likeness (QED) is 0.554. The topological polar surface area (TPSA) is 61.1 Å². The van der Waals surface area contributed by atoms with Gasteiger partial charge in [0.25, 0.3) is 0 Å². The zero-order valence-corrected chi connectivity index (χ0v) is 18.3. The number of benzene rings is 2. The summed E-state index contributed by atoms with van der Waals surface area (Å²) in [6.45, 7) is 6.11. The monoisotopic (exact) mass is 423 g/mol. The van der Waals surface area contributed by atoms with Gasteiger partial charge in [0.05, 0.1) is 25.2 Å². The van der Waals surface area contributed by atoms with Crippen molar-refractivity contribution in [3.05, 3.63) is 52.9 Å². The Morgan fingerprint density at radius 3 is 2.55 bits per heavy atom. The second kappa shape index (κ2) is 9.43. The Morgan fingerprint density at radius 1 is 1.03 bits per heavy atom. The van der Waals surface area contributed by atoms with E-state index in [1.807, 2.05) is 12.1 Å². The molecule has 0 bridgehead atoms. The van der Waals surface area contributed by atoms with E-state index in [1.165, 1.54) is 19.1 Å². The summed E-state index contributed by atoms with van der Waals surface area (Å²) in [5.41, 5.74) is 1.60. The van der Waals surface area contributed by atoms with Gasteiger partial charge in [-0.25, -0.2) is 0 Å². The Morgan fingerprint density at radius 2 is 1.81 bits per heavy atom. The number of piperidine rings is 1. The van der Waals surface area contributed by atoms with Crippen LogP contribution >= 0.6 is 0 Å². The minimum Gasteiger partial charge on any atom is -0.493 e. The lowest BCUT2D eigenvalue weighted by molar-refractivity contribution is 0.160. The van der Waals surface area contributed by atoms with E-state index < -0.39 is 0 Å². The van der Waals surface area contributed by atoms with E-state index in [0.717, 1.165) is 25.6 Å². The Hall–Kier alpha value is -2.99.